The Labute approximate surface area is 149 Å². The van der Waals surface area contributed by atoms with Crippen LogP contribution in [0.4, 0.5) is 0 Å². The van der Waals surface area contributed by atoms with E-state index >= 15 is 0 Å². The second-order valence-electron chi connectivity index (χ2n) is 5.33. The largest absolute Gasteiger partial charge is 0.469 e. The summed E-state index contributed by atoms with van der Waals surface area (Å²) in [5.41, 5.74) is 1.02. The van der Waals surface area contributed by atoms with E-state index in [1.807, 2.05) is 0 Å². The highest BCUT2D eigenvalue weighted by Crippen LogP contribution is 2.26. The van der Waals surface area contributed by atoms with Crippen LogP contribution < -0.4 is 5.32 Å². The molecule has 0 aliphatic carbocycles. The molecular weight excluding hydrogens is 353 g/mol. The number of carbonyl (C=O) groups excluding carboxylic acids is 2. The number of halogens is 2. The van der Waals surface area contributed by atoms with Crippen LogP contribution in [0.1, 0.15) is 41.6 Å². The minimum absolute atomic E-state index is 0.295. The number of hydrogen-bond donors (Lipinski definition) is 1. The number of rotatable bonds is 5. The maximum Gasteiger partial charge on any atom is 0.342 e. The molecule has 0 saturated carbocycles. The number of aryl methyl sites for hydroxylation is 1. The van der Waals surface area contributed by atoms with Crippen molar-refractivity contribution in [2.75, 3.05) is 0 Å². The molecule has 1 heterocycles. The van der Waals surface area contributed by atoms with E-state index in [0.717, 1.165) is 5.56 Å². The predicted octanol–water partition coefficient (Wildman–Crippen LogP) is 4.32. The molecule has 1 aromatic carbocycles. The van der Waals surface area contributed by atoms with E-state index in [0.29, 0.717) is 21.4 Å². The molecular formula is C17H17Cl2NO4. The van der Waals surface area contributed by atoms with E-state index in [4.69, 9.17) is 32.4 Å². The fourth-order valence-electron chi connectivity index (χ4n) is 2.14. The zero-order chi connectivity index (χ0) is 17.9. The average molecular weight is 370 g/mol. The van der Waals surface area contributed by atoms with Crippen molar-refractivity contribution < 1.29 is 18.7 Å². The van der Waals surface area contributed by atoms with Crippen LogP contribution in [0.2, 0.25) is 10.0 Å². The molecule has 24 heavy (non-hydrogen) atoms. The third-order valence-corrected chi connectivity index (χ3v) is 4.08. The van der Waals surface area contributed by atoms with E-state index in [2.05, 4.69) is 5.32 Å². The summed E-state index contributed by atoms with van der Waals surface area (Å²) in [6.07, 6.45) is 0.432. The van der Waals surface area contributed by atoms with Gasteiger partial charge in [0.1, 0.15) is 11.3 Å². The maximum atomic E-state index is 12.2. The van der Waals surface area contributed by atoms with Crippen molar-refractivity contribution in [2.45, 2.75) is 32.9 Å². The molecule has 2 rings (SSSR count). The lowest BCUT2D eigenvalue weighted by Crippen LogP contribution is -2.37. The van der Waals surface area contributed by atoms with Crippen LogP contribution in [0.25, 0.3) is 0 Å². The fraction of sp³-hybridized carbons (Fsp3) is 0.294. The van der Waals surface area contributed by atoms with Crippen molar-refractivity contribution in [1.82, 2.24) is 5.32 Å². The van der Waals surface area contributed by atoms with Crippen LogP contribution in [0.5, 0.6) is 0 Å². The van der Waals surface area contributed by atoms with Gasteiger partial charge < -0.3 is 14.5 Å². The van der Waals surface area contributed by atoms with Gasteiger partial charge in [0, 0.05) is 10.0 Å². The summed E-state index contributed by atoms with van der Waals surface area (Å²) < 4.78 is 10.2. The molecule has 0 saturated heterocycles. The van der Waals surface area contributed by atoms with Crippen LogP contribution in [-0.4, -0.2) is 18.0 Å². The standard InChI is InChI=1S/C17H17Cl2NO4/c1-9(13-5-4-12(18)8-15(13)19)20-16(21)11(3)24-17(22)14-6-7-23-10(14)2/h4-9,11H,1-3H3,(H,20,21). The van der Waals surface area contributed by atoms with E-state index < -0.39 is 18.0 Å². The quantitative estimate of drug-likeness (QED) is 0.796. The molecule has 5 nitrogen and oxygen atoms in total. The highest BCUT2D eigenvalue weighted by molar-refractivity contribution is 6.35. The lowest BCUT2D eigenvalue weighted by atomic mass is 10.1. The van der Waals surface area contributed by atoms with E-state index in [9.17, 15) is 9.59 Å². The SMILES string of the molecule is Cc1occc1C(=O)OC(C)C(=O)NC(C)c1ccc(Cl)cc1Cl. The minimum Gasteiger partial charge on any atom is -0.469 e. The summed E-state index contributed by atoms with van der Waals surface area (Å²) in [6, 6.07) is 6.17. The summed E-state index contributed by atoms with van der Waals surface area (Å²) in [6.45, 7) is 4.92. The van der Waals surface area contributed by atoms with Crippen LogP contribution in [0.15, 0.2) is 34.9 Å². The van der Waals surface area contributed by atoms with Crippen molar-refractivity contribution in [3.8, 4) is 0 Å². The first-order valence-electron chi connectivity index (χ1n) is 7.30. The second-order valence-corrected chi connectivity index (χ2v) is 6.18. The summed E-state index contributed by atoms with van der Waals surface area (Å²) in [7, 11) is 0. The van der Waals surface area contributed by atoms with Crippen LogP contribution >= 0.6 is 23.2 Å². The van der Waals surface area contributed by atoms with E-state index in [-0.39, 0.29) is 6.04 Å². The van der Waals surface area contributed by atoms with Gasteiger partial charge in [-0.15, -0.1) is 0 Å². The van der Waals surface area contributed by atoms with Gasteiger partial charge in [0.15, 0.2) is 6.10 Å². The van der Waals surface area contributed by atoms with Crippen molar-refractivity contribution in [2.24, 2.45) is 0 Å². The first-order valence-corrected chi connectivity index (χ1v) is 8.05. The molecule has 0 spiro atoms. The molecule has 2 aromatic rings. The van der Waals surface area contributed by atoms with Gasteiger partial charge in [-0.1, -0.05) is 29.3 Å². The Hall–Kier alpha value is -1.98. The number of furan rings is 1. The Balaban J connectivity index is 1.98. The number of benzene rings is 1. The monoisotopic (exact) mass is 369 g/mol. The molecule has 1 aromatic heterocycles. The van der Waals surface area contributed by atoms with Gasteiger partial charge in [-0.25, -0.2) is 4.79 Å². The van der Waals surface area contributed by atoms with Crippen LogP contribution in [0.3, 0.4) is 0 Å². The Morgan fingerprint density at radius 1 is 1.21 bits per heavy atom. The third kappa shape index (κ3) is 4.30. The normalized spacial score (nSPS) is 13.2. The summed E-state index contributed by atoms with van der Waals surface area (Å²) in [5, 5.41) is 3.72. The maximum absolute atomic E-state index is 12.2. The number of esters is 1. The fourth-order valence-corrected chi connectivity index (χ4v) is 2.71. The van der Waals surface area contributed by atoms with Gasteiger partial charge in [-0.05, 0) is 44.5 Å². The summed E-state index contributed by atoms with van der Waals surface area (Å²) in [5.74, 6) is -0.599. The molecule has 0 radical (unpaired) electrons. The van der Waals surface area contributed by atoms with Crippen molar-refractivity contribution in [3.63, 3.8) is 0 Å². The van der Waals surface area contributed by atoms with Gasteiger partial charge in [-0.3, -0.25) is 4.79 Å². The Morgan fingerprint density at radius 3 is 2.50 bits per heavy atom. The number of amides is 1. The van der Waals surface area contributed by atoms with Crippen LogP contribution in [-0.2, 0) is 9.53 Å². The van der Waals surface area contributed by atoms with Crippen molar-refractivity contribution in [3.05, 3.63) is 57.5 Å². The van der Waals surface area contributed by atoms with Gasteiger partial charge in [0.2, 0.25) is 0 Å². The molecule has 0 bridgehead atoms. The minimum atomic E-state index is -0.958. The van der Waals surface area contributed by atoms with E-state index in [1.54, 1.807) is 32.0 Å². The van der Waals surface area contributed by atoms with Gasteiger partial charge in [0.25, 0.3) is 5.91 Å². The predicted molar refractivity (Wildman–Crippen MR) is 91.3 cm³/mol. The molecule has 7 heteroatoms. The molecule has 2 unspecified atom stereocenters. The van der Waals surface area contributed by atoms with Crippen molar-refractivity contribution in [1.29, 1.82) is 0 Å². The van der Waals surface area contributed by atoms with Gasteiger partial charge >= 0.3 is 5.97 Å². The first-order chi connectivity index (χ1) is 11.3. The number of nitrogens with one attached hydrogen (secondary N) is 1. The second kappa shape index (κ2) is 7.73. The van der Waals surface area contributed by atoms with Gasteiger partial charge in [0.05, 0.1) is 12.3 Å². The number of carbonyl (C=O) groups is 2. The highest BCUT2D eigenvalue weighted by atomic mass is 35.5. The summed E-state index contributed by atoms with van der Waals surface area (Å²) >= 11 is 12.0. The Bertz CT molecular complexity index is 757. The third-order valence-electron chi connectivity index (χ3n) is 3.52. The first kappa shape index (κ1) is 18.4. The molecule has 0 fully saturated rings. The topological polar surface area (TPSA) is 68.5 Å². The molecule has 2 atom stereocenters. The molecule has 0 aliphatic heterocycles. The molecule has 1 amide bonds. The Kier molecular flexibility index (Phi) is 5.91. The summed E-state index contributed by atoms with van der Waals surface area (Å²) in [4.78, 5) is 24.2. The number of ether oxygens (including phenoxy) is 1. The molecule has 128 valence electrons. The Morgan fingerprint density at radius 2 is 1.92 bits per heavy atom. The van der Waals surface area contributed by atoms with Crippen LogP contribution in [0, 0.1) is 6.92 Å². The number of hydrogen-bond acceptors (Lipinski definition) is 4. The molecule has 1 N–H and O–H groups in total. The van der Waals surface area contributed by atoms with E-state index in [1.165, 1.54) is 19.3 Å². The van der Waals surface area contributed by atoms with Gasteiger partial charge in [-0.2, -0.15) is 0 Å². The smallest absolute Gasteiger partial charge is 0.342 e. The lowest BCUT2D eigenvalue weighted by Gasteiger charge is -2.19. The highest BCUT2D eigenvalue weighted by Gasteiger charge is 2.23. The van der Waals surface area contributed by atoms with Crippen molar-refractivity contribution >= 4 is 35.1 Å². The average Bonchev–Trinajstić information content (AvgIpc) is 2.93. The lowest BCUT2D eigenvalue weighted by molar-refractivity contribution is -0.129. The zero-order valence-electron chi connectivity index (χ0n) is 13.4. The zero-order valence-corrected chi connectivity index (χ0v) is 14.9. The molecule has 0 aliphatic rings.